The molecule has 0 unspecified atom stereocenters. The third-order valence-electron chi connectivity index (χ3n) is 1.90. The number of alkyl halides is 2. The predicted molar refractivity (Wildman–Crippen MR) is 46.6 cm³/mol. The summed E-state index contributed by atoms with van der Waals surface area (Å²) in [6, 6.07) is 0. The summed E-state index contributed by atoms with van der Waals surface area (Å²) in [6.45, 7) is 5.20. The van der Waals surface area contributed by atoms with Crippen LogP contribution in [0.3, 0.4) is 0 Å². The Kier molecular flexibility index (Phi) is 2.34. The molecule has 1 N–H and O–H groups in total. The molecule has 76 valence electrons. The van der Waals surface area contributed by atoms with Crippen LogP contribution < -0.4 is 0 Å². The van der Waals surface area contributed by atoms with E-state index in [1.807, 2.05) is 20.8 Å². The smallest absolute Gasteiger partial charge is 0.361 e. The summed E-state index contributed by atoms with van der Waals surface area (Å²) in [4.78, 5) is 0. The Morgan fingerprint density at radius 2 is 1.85 bits per heavy atom. The van der Waals surface area contributed by atoms with Gasteiger partial charge in [0.25, 0.3) is 0 Å². The van der Waals surface area contributed by atoms with Crippen molar-refractivity contribution in [2.45, 2.75) is 33.1 Å². The Labute approximate surface area is 76.9 Å². The van der Waals surface area contributed by atoms with E-state index in [2.05, 4.69) is 0 Å². The van der Waals surface area contributed by atoms with Gasteiger partial charge in [0, 0.05) is 0 Å². The molecule has 0 aromatic carbocycles. The zero-order valence-corrected chi connectivity index (χ0v) is 8.27. The summed E-state index contributed by atoms with van der Waals surface area (Å²) in [5.74, 6) is -2.52. The van der Waals surface area contributed by atoms with Crippen LogP contribution in [0.25, 0.3) is 0 Å². The number of nitrogens with zero attached hydrogens (tertiary/aromatic N) is 1. The second-order valence-electron chi connectivity index (χ2n) is 4.87. The second kappa shape index (κ2) is 2.93. The van der Waals surface area contributed by atoms with E-state index in [4.69, 9.17) is 0 Å². The van der Waals surface area contributed by atoms with Crippen LogP contribution in [0.2, 0.25) is 0 Å². The van der Waals surface area contributed by atoms with E-state index in [-0.39, 0.29) is 24.4 Å². The van der Waals surface area contributed by atoms with Crippen LogP contribution in [0.4, 0.5) is 8.78 Å². The molecule has 1 heterocycles. The van der Waals surface area contributed by atoms with Crippen molar-refractivity contribution < 1.29 is 18.5 Å². The van der Waals surface area contributed by atoms with Gasteiger partial charge in [-0.25, -0.2) is 0 Å². The van der Waals surface area contributed by atoms with Gasteiger partial charge in [0.2, 0.25) is 13.1 Å². The van der Waals surface area contributed by atoms with Gasteiger partial charge in [-0.1, -0.05) is 20.8 Å². The third kappa shape index (κ3) is 2.94. The highest BCUT2D eigenvalue weighted by Crippen LogP contribution is 2.25. The Balaban J connectivity index is 2.54. The van der Waals surface area contributed by atoms with Crippen molar-refractivity contribution in [2.24, 2.45) is 5.41 Å². The van der Waals surface area contributed by atoms with E-state index < -0.39 is 5.92 Å². The fourth-order valence-electron chi connectivity index (χ4n) is 1.28. The molecule has 13 heavy (non-hydrogen) atoms. The van der Waals surface area contributed by atoms with Gasteiger partial charge >= 0.3 is 11.8 Å². The standard InChI is InChI=1S/C9H15F2NO/c1-8(2,3)4-7(13)12-5-9(10,11)6-12/h4-6H2,1-3H3/p+1. The molecule has 0 amide bonds. The van der Waals surface area contributed by atoms with Gasteiger partial charge in [-0.3, -0.25) is 0 Å². The normalized spacial score (nSPS) is 21.2. The van der Waals surface area contributed by atoms with Gasteiger partial charge in [0.15, 0.2) is 0 Å². The number of rotatable bonds is 1. The highest BCUT2D eigenvalue weighted by atomic mass is 19.3. The molecule has 4 heteroatoms. The minimum absolute atomic E-state index is 0.0606. The SMILES string of the molecule is CC(C)(C)CC(O)=[N+]1CC(F)(F)C1. The molecule has 0 aliphatic carbocycles. The molecular weight excluding hydrogens is 176 g/mol. The largest absolute Gasteiger partial charge is 0.463 e. The summed E-state index contributed by atoms with van der Waals surface area (Å²) in [5, 5.41) is 9.45. The van der Waals surface area contributed by atoms with Gasteiger partial charge in [0.1, 0.15) is 0 Å². The monoisotopic (exact) mass is 192 g/mol. The minimum Gasteiger partial charge on any atom is -0.463 e. The number of aliphatic hydroxyl groups is 1. The Bertz CT molecular complexity index is 230. The van der Waals surface area contributed by atoms with Crippen LogP contribution in [0, 0.1) is 5.41 Å². The van der Waals surface area contributed by atoms with E-state index in [9.17, 15) is 13.9 Å². The molecule has 0 bridgehead atoms. The topological polar surface area (TPSA) is 23.2 Å². The lowest BCUT2D eigenvalue weighted by atomic mass is 9.92. The van der Waals surface area contributed by atoms with E-state index in [0.29, 0.717) is 6.42 Å². The quantitative estimate of drug-likeness (QED) is 0.498. The molecule has 0 atom stereocenters. The first-order valence-electron chi connectivity index (χ1n) is 4.37. The zero-order chi connectivity index (χ0) is 10.3. The van der Waals surface area contributed by atoms with Crippen molar-refractivity contribution in [2.75, 3.05) is 13.1 Å². The van der Waals surface area contributed by atoms with Crippen LogP contribution in [0.5, 0.6) is 0 Å². The lowest BCUT2D eigenvalue weighted by molar-refractivity contribution is -0.646. The van der Waals surface area contributed by atoms with E-state index in [0.717, 1.165) is 0 Å². The van der Waals surface area contributed by atoms with Crippen molar-refractivity contribution in [3.63, 3.8) is 0 Å². The fourth-order valence-corrected chi connectivity index (χ4v) is 1.28. The molecule has 1 aliphatic rings. The van der Waals surface area contributed by atoms with E-state index in [1.165, 1.54) is 4.58 Å². The molecule has 1 saturated heterocycles. The number of hydrogen-bond acceptors (Lipinski definition) is 0. The molecule has 1 fully saturated rings. The van der Waals surface area contributed by atoms with Crippen LogP contribution >= 0.6 is 0 Å². The Morgan fingerprint density at radius 1 is 1.38 bits per heavy atom. The number of halogens is 2. The molecule has 0 saturated carbocycles. The highest BCUT2D eigenvalue weighted by Gasteiger charge is 2.51. The summed E-state index contributed by atoms with van der Waals surface area (Å²) in [7, 11) is 0. The summed E-state index contributed by atoms with van der Waals surface area (Å²) >= 11 is 0. The molecular formula is C9H16F2NO+. The van der Waals surface area contributed by atoms with Crippen molar-refractivity contribution >= 4 is 5.90 Å². The zero-order valence-electron chi connectivity index (χ0n) is 8.27. The van der Waals surface area contributed by atoms with Crippen LogP contribution in [0.15, 0.2) is 0 Å². The average Bonchev–Trinajstić information content (AvgIpc) is 1.77. The molecule has 0 aromatic rings. The lowest BCUT2D eigenvalue weighted by Crippen LogP contribution is -2.53. The molecule has 0 aromatic heterocycles. The van der Waals surface area contributed by atoms with Gasteiger partial charge in [0.05, 0.1) is 6.42 Å². The van der Waals surface area contributed by atoms with Crippen molar-refractivity contribution in [1.82, 2.24) is 0 Å². The first kappa shape index (κ1) is 10.4. The number of aliphatic hydroxyl groups excluding tert-OH is 1. The molecule has 2 nitrogen and oxygen atoms in total. The number of hydrogen-bond donors (Lipinski definition) is 1. The Hall–Kier alpha value is -0.670. The van der Waals surface area contributed by atoms with Crippen LogP contribution in [-0.4, -0.2) is 34.6 Å². The van der Waals surface area contributed by atoms with Gasteiger partial charge < -0.3 is 5.11 Å². The van der Waals surface area contributed by atoms with Crippen molar-refractivity contribution in [3.8, 4) is 0 Å². The van der Waals surface area contributed by atoms with Crippen molar-refractivity contribution in [3.05, 3.63) is 0 Å². The molecule has 1 aliphatic heterocycles. The summed E-state index contributed by atoms with van der Waals surface area (Å²) < 4.78 is 26.2. The summed E-state index contributed by atoms with van der Waals surface area (Å²) in [6.07, 6.45) is 0.448. The first-order valence-corrected chi connectivity index (χ1v) is 4.37. The molecule has 0 spiro atoms. The average molecular weight is 192 g/mol. The van der Waals surface area contributed by atoms with Crippen LogP contribution in [-0.2, 0) is 0 Å². The third-order valence-corrected chi connectivity index (χ3v) is 1.90. The predicted octanol–water partition coefficient (Wildman–Crippen LogP) is 2.04. The Morgan fingerprint density at radius 3 is 2.15 bits per heavy atom. The minimum atomic E-state index is -2.61. The van der Waals surface area contributed by atoms with Crippen LogP contribution in [0.1, 0.15) is 27.2 Å². The fraction of sp³-hybridized carbons (Fsp3) is 0.889. The molecule has 1 rings (SSSR count). The molecule has 0 radical (unpaired) electrons. The summed E-state index contributed by atoms with van der Waals surface area (Å²) in [5.41, 5.74) is -0.0606. The van der Waals surface area contributed by atoms with Gasteiger partial charge in [-0.15, -0.1) is 0 Å². The van der Waals surface area contributed by atoms with E-state index >= 15 is 0 Å². The second-order valence-corrected chi connectivity index (χ2v) is 4.87. The van der Waals surface area contributed by atoms with E-state index in [1.54, 1.807) is 0 Å². The van der Waals surface area contributed by atoms with Crippen molar-refractivity contribution in [1.29, 1.82) is 0 Å². The maximum absolute atomic E-state index is 12.4. The maximum Gasteiger partial charge on any atom is 0.361 e. The highest BCUT2D eigenvalue weighted by molar-refractivity contribution is 5.69. The maximum atomic E-state index is 12.4. The lowest BCUT2D eigenvalue weighted by Gasteiger charge is -2.24. The first-order chi connectivity index (χ1) is 5.70. The van der Waals surface area contributed by atoms with Gasteiger partial charge in [-0.2, -0.15) is 13.4 Å². The van der Waals surface area contributed by atoms with Gasteiger partial charge in [-0.05, 0) is 5.41 Å².